The van der Waals surface area contributed by atoms with Gasteiger partial charge in [0.2, 0.25) is 5.91 Å². The Kier molecular flexibility index (Phi) is 8.18. The van der Waals surface area contributed by atoms with Gasteiger partial charge in [0, 0.05) is 57.6 Å². The zero-order valence-electron chi connectivity index (χ0n) is 20.3. The third-order valence-corrected chi connectivity index (χ3v) is 7.80. The van der Waals surface area contributed by atoms with Gasteiger partial charge in [-0.05, 0) is 74.8 Å². The van der Waals surface area contributed by atoms with E-state index in [-0.39, 0.29) is 36.1 Å². The second kappa shape index (κ2) is 11.1. The Labute approximate surface area is 197 Å². The Morgan fingerprint density at radius 1 is 1.06 bits per heavy atom. The van der Waals surface area contributed by atoms with Crippen LogP contribution in [0.3, 0.4) is 0 Å². The van der Waals surface area contributed by atoms with E-state index in [1.165, 1.54) is 18.9 Å². The van der Waals surface area contributed by atoms with E-state index in [0.29, 0.717) is 18.9 Å². The Bertz CT molecular complexity index is 846. The Morgan fingerprint density at radius 2 is 1.79 bits per heavy atom. The number of carbonyl (C=O) groups is 2. The van der Waals surface area contributed by atoms with Crippen LogP contribution in [0.15, 0.2) is 12.1 Å². The second-order valence-electron chi connectivity index (χ2n) is 10.4. The van der Waals surface area contributed by atoms with Gasteiger partial charge in [0.1, 0.15) is 11.6 Å². The molecule has 0 aromatic heterocycles. The highest BCUT2D eigenvalue weighted by Gasteiger charge is 2.33. The average molecular weight is 459 g/mol. The minimum Gasteiger partial charge on any atom is -0.378 e. The summed E-state index contributed by atoms with van der Waals surface area (Å²) in [4.78, 5) is 29.9. The summed E-state index contributed by atoms with van der Waals surface area (Å²) in [5.74, 6) is 0.373. The first-order valence-corrected chi connectivity index (χ1v) is 12.8. The van der Waals surface area contributed by atoms with E-state index in [2.05, 4.69) is 16.7 Å². The fourth-order valence-electron chi connectivity index (χ4n) is 5.80. The van der Waals surface area contributed by atoms with Crippen molar-refractivity contribution in [2.45, 2.75) is 90.3 Å². The van der Waals surface area contributed by atoms with Crippen LogP contribution in [0.5, 0.6) is 0 Å². The van der Waals surface area contributed by atoms with E-state index >= 15 is 0 Å². The van der Waals surface area contributed by atoms with E-state index in [0.717, 1.165) is 75.0 Å². The first-order valence-electron chi connectivity index (χ1n) is 12.8. The highest BCUT2D eigenvalue weighted by Crippen LogP contribution is 2.28. The number of halogens is 1. The highest BCUT2D eigenvalue weighted by molar-refractivity contribution is 5.82. The summed E-state index contributed by atoms with van der Waals surface area (Å²) in [6.07, 6.45) is 8.21. The molecule has 2 heterocycles. The molecule has 2 saturated heterocycles. The molecule has 2 atom stereocenters. The van der Waals surface area contributed by atoms with E-state index in [4.69, 9.17) is 4.74 Å². The number of carbonyl (C=O) groups excluding carboxylic acids is 2. The maximum absolute atomic E-state index is 14.5. The second-order valence-corrected chi connectivity index (χ2v) is 10.4. The van der Waals surface area contributed by atoms with Crippen molar-refractivity contribution in [2.75, 3.05) is 26.2 Å². The molecule has 3 fully saturated rings. The van der Waals surface area contributed by atoms with Crippen molar-refractivity contribution >= 4 is 11.7 Å². The molecule has 1 unspecified atom stereocenters. The lowest BCUT2D eigenvalue weighted by atomic mass is 9.94. The van der Waals surface area contributed by atoms with Gasteiger partial charge in [0.25, 0.3) is 0 Å². The van der Waals surface area contributed by atoms with Crippen LogP contribution in [0, 0.1) is 18.7 Å². The molecule has 6 heteroatoms. The number of ketones is 1. The normalized spacial score (nSPS) is 24.9. The number of Topliss-reactive ketones (excluding diaryl/α,β-unsaturated/α-hetero) is 1. The number of nitrogens with zero attached hydrogens (tertiary/aromatic N) is 2. The van der Waals surface area contributed by atoms with E-state index in [1.54, 1.807) is 6.07 Å². The van der Waals surface area contributed by atoms with Crippen molar-refractivity contribution in [3.05, 3.63) is 34.6 Å². The monoisotopic (exact) mass is 458 g/mol. The van der Waals surface area contributed by atoms with E-state index in [1.807, 2.05) is 6.92 Å². The SMILES string of the molecule is Cc1c(CC(=O)CC2CCCCO2)cc(F)cc1CN1CCN(C(=O)C2CCCC2)[C@@H](C)C1. The van der Waals surface area contributed by atoms with Crippen LogP contribution >= 0.6 is 0 Å². The fourth-order valence-corrected chi connectivity index (χ4v) is 5.80. The summed E-state index contributed by atoms with van der Waals surface area (Å²) in [6.45, 7) is 7.82. The van der Waals surface area contributed by atoms with Gasteiger partial charge < -0.3 is 9.64 Å². The molecule has 0 spiro atoms. The molecule has 0 bridgehead atoms. The van der Waals surface area contributed by atoms with Crippen molar-refractivity contribution < 1.29 is 18.7 Å². The lowest BCUT2D eigenvalue weighted by Gasteiger charge is -2.41. The van der Waals surface area contributed by atoms with E-state index in [9.17, 15) is 14.0 Å². The third kappa shape index (κ3) is 6.21. The van der Waals surface area contributed by atoms with Crippen LogP contribution in [-0.2, 0) is 27.3 Å². The van der Waals surface area contributed by atoms with E-state index < -0.39 is 0 Å². The molecule has 33 heavy (non-hydrogen) atoms. The number of hydrogen-bond donors (Lipinski definition) is 0. The minimum atomic E-state index is -0.282. The predicted molar refractivity (Wildman–Crippen MR) is 126 cm³/mol. The lowest BCUT2D eigenvalue weighted by molar-refractivity contribution is -0.140. The minimum absolute atomic E-state index is 0.0179. The van der Waals surface area contributed by atoms with Crippen molar-refractivity contribution in [1.82, 2.24) is 9.80 Å². The number of ether oxygens (including phenoxy) is 1. The van der Waals surface area contributed by atoms with Gasteiger partial charge in [-0.15, -0.1) is 0 Å². The number of hydrogen-bond acceptors (Lipinski definition) is 4. The average Bonchev–Trinajstić information content (AvgIpc) is 3.32. The standard InChI is InChI=1S/C27H39FN2O3/c1-19-17-29(10-11-30(19)27(32)21-7-3-4-8-21)18-23-14-24(28)13-22(20(23)2)15-25(31)16-26-9-5-6-12-33-26/h13-14,19,21,26H,3-12,15-18H2,1-2H3/t19-,26?/m0/s1. The molecular formula is C27H39FN2O3. The van der Waals surface area contributed by atoms with Gasteiger partial charge in [-0.2, -0.15) is 0 Å². The van der Waals surface area contributed by atoms with Gasteiger partial charge in [0.05, 0.1) is 6.10 Å². The van der Waals surface area contributed by atoms with Crippen molar-refractivity contribution in [2.24, 2.45) is 5.92 Å². The summed E-state index contributed by atoms with van der Waals surface area (Å²) >= 11 is 0. The highest BCUT2D eigenvalue weighted by atomic mass is 19.1. The molecule has 0 radical (unpaired) electrons. The van der Waals surface area contributed by atoms with Gasteiger partial charge in [-0.3, -0.25) is 14.5 Å². The Morgan fingerprint density at radius 3 is 2.48 bits per heavy atom. The van der Waals surface area contributed by atoms with Crippen LogP contribution in [-0.4, -0.2) is 59.9 Å². The van der Waals surface area contributed by atoms with Crippen molar-refractivity contribution in [3.8, 4) is 0 Å². The Hall–Kier alpha value is -1.79. The van der Waals surface area contributed by atoms with Crippen LogP contribution in [0.2, 0.25) is 0 Å². The topological polar surface area (TPSA) is 49.9 Å². The van der Waals surface area contributed by atoms with Gasteiger partial charge in [-0.25, -0.2) is 4.39 Å². The zero-order chi connectivity index (χ0) is 23.4. The maximum Gasteiger partial charge on any atom is 0.226 e. The summed E-state index contributed by atoms with van der Waals surface area (Å²) in [5.41, 5.74) is 2.73. The number of rotatable bonds is 7. The Balaban J connectivity index is 1.35. The summed E-state index contributed by atoms with van der Waals surface area (Å²) in [7, 11) is 0. The van der Waals surface area contributed by atoms with Gasteiger partial charge >= 0.3 is 0 Å². The number of benzene rings is 1. The lowest BCUT2D eigenvalue weighted by Crippen LogP contribution is -2.54. The molecule has 2 aliphatic heterocycles. The first-order chi connectivity index (χ1) is 15.9. The smallest absolute Gasteiger partial charge is 0.226 e. The molecule has 1 saturated carbocycles. The summed E-state index contributed by atoms with van der Waals surface area (Å²) < 4.78 is 20.2. The maximum atomic E-state index is 14.5. The molecule has 3 aliphatic rings. The van der Waals surface area contributed by atoms with Crippen LogP contribution in [0.4, 0.5) is 4.39 Å². The van der Waals surface area contributed by atoms with Gasteiger partial charge in [-0.1, -0.05) is 12.8 Å². The summed E-state index contributed by atoms with van der Waals surface area (Å²) in [6, 6.07) is 3.28. The molecule has 1 amide bonds. The molecule has 4 rings (SSSR count). The van der Waals surface area contributed by atoms with Crippen molar-refractivity contribution in [1.29, 1.82) is 0 Å². The largest absolute Gasteiger partial charge is 0.378 e. The molecular weight excluding hydrogens is 419 g/mol. The third-order valence-electron chi connectivity index (χ3n) is 7.80. The quantitative estimate of drug-likeness (QED) is 0.607. The molecule has 1 aromatic rings. The molecule has 1 aliphatic carbocycles. The fraction of sp³-hybridized carbons (Fsp3) is 0.704. The van der Waals surface area contributed by atoms with Crippen molar-refractivity contribution in [3.63, 3.8) is 0 Å². The molecule has 182 valence electrons. The van der Waals surface area contributed by atoms with Crippen LogP contribution in [0.25, 0.3) is 0 Å². The first kappa shape index (κ1) is 24.3. The van der Waals surface area contributed by atoms with Crippen LogP contribution < -0.4 is 0 Å². The molecule has 5 nitrogen and oxygen atoms in total. The van der Waals surface area contributed by atoms with Crippen LogP contribution in [0.1, 0.15) is 75.0 Å². The number of piperazine rings is 1. The van der Waals surface area contributed by atoms with Gasteiger partial charge in [0.15, 0.2) is 0 Å². The zero-order valence-corrected chi connectivity index (χ0v) is 20.3. The summed E-state index contributed by atoms with van der Waals surface area (Å²) in [5, 5.41) is 0. The molecule has 1 aromatic carbocycles. The predicted octanol–water partition coefficient (Wildman–Crippen LogP) is 4.43. The molecule has 0 N–H and O–H groups in total. The number of amides is 1.